The summed E-state index contributed by atoms with van der Waals surface area (Å²) in [6.45, 7) is 2.50. The summed E-state index contributed by atoms with van der Waals surface area (Å²) < 4.78 is 27.5. The first-order chi connectivity index (χ1) is 21.1. The first-order valence-corrected chi connectivity index (χ1v) is 16.4. The highest BCUT2D eigenvalue weighted by molar-refractivity contribution is 7.92. The van der Waals surface area contributed by atoms with Crippen LogP contribution in [0.1, 0.15) is 42.5 Å². The Kier molecular flexibility index (Phi) is 7.80. The maximum Gasteiger partial charge on any atom is 0.324 e. The lowest BCUT2D eigenvalue weighted by molar-refractivity contribution is -0.132. The Bertz CT molecular complexity index is 1830. The summed E-state index contributed by atoms with van der Waals surface area (Å²) in [7, 11) is -1.64. The minimum absolute atomic E-state index is 0.0923. The number of unbranched alkanes of at least 4 members (excludes halogenated alkanes) is 1. The van der Waals surface area contributed by atoms with E-state index in [0.29, 0.717) is 30.2 Å². The summed E-state index contributed by atoms with van der Waals surface area (Å²) in [5.41, 5.74) is 5.24. The molecule has 0 radical (unpaired) electrons. The van der Waals surface area contributed by atoms with E-state index in [1.807, 2.05) is 30.3 Å². The number of urea groups is 1. The molecule has 228 valence electrons. The van der Waals surface area contributed by atoms with Crippen LogP contribution in [0, 0.1) is 0 Å². The summed E-state index contributed by atoms with van der Waals surface area (Å²) in [4.78, 5) is 36.4. The number of fused-ring (bicyclic) bond motifs is 2. The van der Waals surface area contributed by atoms with Gasteiger partial charge in [-0.2, -0.15) is 5.10 Å². The zero-order valence-corrected chi connectivity index (χ0v) is 25.6. The van der Waals surface area contributed by atoms with Gasteiger partial charge in [0.05, 0.1) is 29.2 Å². The van der Waals surface area contributed by atoms with Crippen molar-refractivity contribution in [1.29, 1.82) is 0 Å². The number of nitrogens with one attached hydrogen (secondary N) is 2. The molecular weight excluding hydrogens is 580 g/mol. The number of aryl methyl sites for hydroxylation is 1. The lowest BCUT2D eigenvalue weighted by Crippen LogP contribution is -2.44. The molecule has 3 amide bonds. The van der Waals surface area contributed by atoms with Crippen molar-refractivity contribution in [2.45, 2.75) is 44.7 Å². The SMILES string of the molecule is CCCCc1cc(NC(=O)Nc2cccc(C3C=C4C=NC=NC4N(C)C3=O)c2)n(-c2ccc3c(c2)CCN3S(C)(=O)=O)n1. The van der Waals surface area contributed by atoms with Gasteiger partial charge in [0.15, 0.2) is 6.17 Å². The average Bonchev–Trinajstić information content (AvgIpc) is 3.61. The van der Waals surface area contributed by atoms with Gasteiger partial charge in [-0.15, -0.1) is 0 Å². The molecule has 3 aliphatic rings. The third-order valence-electron chi connectivity index (χ3n) is 7.99. The summed E-state index contributed by atoms with van der Waals surface area (Å²) in [5, 5.41) is 10.6. The van der Waals surface area contributed by atoms with Crippen LogP contribution in [-0.4, -0.2) is 73.6 Å². The number of sulfonamides is 1. The van der Waals surface area contributed by atoms with E-state index in [1.165, 1.54) is 16.9 Å². The highest BCUT2D eigenvalue weighted by Crippen LogP contribution is 2.33. The Morgan fingerprint density at radius 2 is 1.95 bits per heavy atom. The first kappa shape index (κ1) is 29.3. The van der Waals surface area contributed by atoms with E-state index >= 15 is 0 Å². The molecule has 1 aromatic heterocycles. The molecule has 4 heterocycles. The number of anilines is 3. The maximum absolute atomic E-state index is 13.3. The molecule has 0 saturated heterocycles. The van der Waals surface area contributed by atoms with Gasteiger partial charge in [-0.3, -0.25) is 14.4 Å². The molecule has 2 aromatic carbocycles. The van der Waals surface area contributed by atoms with E-state index in [4.69, 9.17) is 5.10 Å². The van der Waals surface area contributed by atoms with E-state index in [2.05, 4.69) is 27.5 Å². The molecule has 3 aliphatic heterocycles. The standard InChI is InChI=1S/C31H34N8O4S/c1-4-5-8-24-17-28(39(36-24)25-10-11-27-21(15-25)12-13-38(27)44(3,42)43)35-31(41)34-23-9-6-7-20(14-23)26-16-22-18-32-19-33-29(22)37(2)30(26)40/h6-7,9-11,14-19,26,29H,4-5,8,12-13H2,1-3H3,(H2,34,35,41). The third kappa shape index (κ3) is 5.74. The van der Waals surface area contributed by atoms with Crippen molar-refractivity contribution in [3.05, 3.63) is 77.0 Å². The Balaban J connectivity index is 1.23. The fourth-order valence-electron chi connectivity index (χ4n) is 5.79. The number of carbonyl (C=O) groups is 2. The van der Waals surface area contributed by atoms with Gasteiger partial charge in [0.25, 0.3) is 0 Å². The van der Waals surface area contributed by atoms with Crippen molar-refractivity contribution in [2.24, 2.45) is 9.98 Å². The maximum atomic E-state index is 13.3. The van der Waals surface area contributed by atoms with Gasteiger partial charge in [-0.25, -0.2) is 27.9 Å². The van der Waals surface area contributed by atoms with Gasteiger partial charge in [0, 0.05) is 37.1 Å². The normalized spacial score (nSPS) is 19.1. The number of hydrogen-bond acceptors (Lipinski definition) is 7. The second-order valence-corrected chi connectivity index (χ2v) is 13.1. The second-order valence-electron chi connectivity index (χ2n) is 11.1. The largest absolute Gasteiger partial charge is 0.324 e. The van der Waals surface area contributed by atoms with E-state index in [9.17, 15) is 18.0 Å². The summed E-state index contributed by atoms with van der Waals surface area (Å²) in [5.74, 6) is -0.137. The molecule has 2 N–H and O–H groups in total. The number of rotatable bonds is 8. The van der Waals surface area contributed by atoms with Gasteiger partial charge >= 0.3 is 6.03 Å². The van der Waals surface area contributed by atoms with Crippen molar-refractivity contribution in [3.63, 3.8) is 0 Å². The molecule has 2 atom stereocenters. The number of aromatic nitrogens is 2. The first-order valence-electron chi connectivity index (χ1n) is 14.5. The summed E-state index contributed by atoms with van der Waals surface area (Å²) in [6.07, 6.45) is 9.17. The molecule has 0 saturated carbocycles. The van der Waals surface area contributed by atoms with Gasteiger partial charge in [0.1, 0.15) is 12.2 Å². The number of benzene rings is 2. The van der Waals surface area contributed by atoms with Crippen molar-refractivity contribution in [1.82, 2.24) is 14.7 Å². The molecule has 0 fully saturated rings. The minimum atomic E-state index is -3.36. The summed E-state index contributed by atoms with van der Waals surface area (Å²) in [6, 6.07) is 14.1. The number of amides is 3. The molecule has 0 bridgehead atoms. The molecule has 0 spiro atoms. The lowest BCUT2D eigenvalue weighted by Gasteiger charge is -2.34. The number of nitrogens with zero attached hydrogens (tertiary/aromatic N) is 6. The monoisotopic (exact) mass is 614 g/mol. The predicted octanol–water partition coefficient (Wildman–Crippen LogP) is 4.10. The fraction of sp³-hybridized carbons (Fsp3) is 0.323. The van der Waals surface area contributed by atoms with Gasteiger partial charge in [-0.05, 0) is 60.7 Å². The Morgan fingerprint density at radius 3 is 2.75 bits per heavy atom. The zero-order chi connectivity index (χ0) is 31.0. The van der Waals surface area contributed by atoms with Crippen LogP contribution in [0.5, 0.6) is 0 Å². The van der Waals surface area contributed by atoms with E-state index in [1.54, 1.807) is 47.1 Å². The van der Waals surface area contributed by atoms with Crippen LogP contribution in [0.25, 0.3) is 5.69 Å². The topological polar surface area (TPSA) is 141 Å². The van der Waals surface area contributed by atoms with E-state index < -0.39 is 22.0 Å². The van der Waals surface area contributed by atoms with Crippen molar-refractivity contribution in [2.75, 3.05) is 34.8 Å². The van der Waals surface area contributed by atoms with Gasteiger partial charge in [-0.1, -0.05) is 31.6 Å². The zero-order valence-electron chi connectivity index (χ0n) is 24.8. The Hall–Kier alpha value is -4.78. The third-order valence-corrected chi connectivity index (χ3v) is 9.17. The van der Waals surface area contributed by atoms with Crippen molar-refractivity contribution in [3.8, 4) is 5.69 Å². The minimum Gasteiger partial charge on any atom is -0.319 e. The molecule has 12 nitrogen and oxygen atoms in total. The number of carbonyl (C=O) groups excluding carboxylic acids is 2. The van der Waals surface area contributed by atoms with Gasteiger partial charge < -0.3 is 10.2 Å². The van der Waals surface area contributed by atoms with Gasteiger partial charge in [0.2, 0.25) is 15.9 Å². The smallest absolute Gasteiger partial charge is 0.319 e. The average molecular weight is 615 g/mol. The van der Waals surface area contributed by atoms with E-state index in [-0.39, 0.29) is 12.1 Å². The van der Waals surface area contributed by atoms with Crippen LogP contribution in [0.4, 0.5) is 22.0 Å². The Morgan fingerprint density at radius 1 is 1.11 bits per heavy atom. The van der Waals surface area contributed by atoms with Crippen LogP contribution in [0.2, 0.25) is 0 Å². The number of aliphatic imine (C=N–C) groups is 2. The highest BCUT2D eigenvalue weighted by atomic mass is 32.2. The highest BCUT2D eigenvalue weighted by Gasteiger charge is 2.34. The van der Waals surface area contributed by atoms with Crippen molar-refractivity contribution < 1.29 is 18.0 Å². The Labute approximate surface area is 256 Å². The quantitative estimate of drug-likeness (QED) is 0.393. The molecule has 6 rings (SSSR count). The second kappa shape index (κ2) is 11.7. The van der Waals surface area contributed by atoms with Crippen molar-refractivity contribution >= 4 is 51.7 Å². The molecule has 44 heavy (non-hydrogen) atoms. The summed E-state index contributed by atoms with van der Waals surface area (Å²) >= 11 is 0. The lowest BCUT2D eigenvalue weighted by atomic mass is 9.90. The molecule has 2 unspecified atom stereocenters. The van der Waals surface area contributed by atoms with E-state index in [0.717, 1.165) is 47.3 Å². The van der Waals surface area contributed by atoms with Crippen LogP contribution in [-0.2, 0) is 27.7 Å². The molecule has 13 heteroatoms. The number of hydrogen-bond donors (Lipinski definition) is 2. The van der Waals surface area contributed by atoms with Crippen LogP contribution in [0.3, 0.4) is 0 Å². The molecule has 3 aromatic rings. The number of likely N-dealkylation sites (N-methyl/N-ethyl adjacent to an activating group) is 1. The fourth-order valence-corrected chi connectivity index (χ4v) is 6.75. The predicted molar refractivity (Wildman–Crippen MR) is 172 cm³/mol. The molecule has 0 aliphatic carbocycles. The van der Waals surface area contributed by atoms with Crippen LogP contribution >= 0.6 is 0 Å². The van der Waals surface area contributed by atoms with Crippen LogP contribution in [0.15, 0.2) is 70.2 Å². The molecular formula is C31H34N8O4S. The van der Waals surface area contributed by atoms with Crippen LogP contribution < -0.4 is 14.9 Å².